The van der Waals surface area contributed by atoms with E-state index in [2.05, 4.69) is 6.92 Å². The van der Waals surface area contributed by atoms with E-state index in [9.17, 15) is 4.79 Å². The summed E-state index contributed by atoms with van der Waals surface area (Å²) in [4.78, 5) is 10.2. The largest absolute Gasteiger partial charge is 0.481 e. The summed E-state index contributed by atoms with van der Waals surface area (Å²) in [6.07, 6.45) is 3.07. The third kappa shape index (κ3) is 7.54. The summed E-state index contributed by atoms with van der Waals surface area (Å²) in [5, 5.41) is 8.38. The number of hydrogen-bond acceptors (Lipinski definition) is 2. The van der Waals surface area contributed by atoms with E-state index >= 15 is 0 Å². The maximum absolute atomic E-state index is 10.2. The summed E-state index contributed by atoms with van der Waals surface area (Å²) in [6.45, 7) is 2.90. The molecule has 0 radical (unpaired) electrons. The fourth-order valence-electron chi connectivity index (χ4n) is 1.07. The second-order valence-corrected chi connectivity index (χ2v) is 3.17. The Morgan fingerprint density at radius 2 is 2.17 bits per heavy atom. The van der Waals surface area contributed by atoms with Crippen molar-refractivity contribution < 1.29 is 14.6 Å². The van der Waals surface area contributed by atoms with Crippen LogP contribution in [0.3, 0.4) is 0 Å². The van der Waals surface area contributed by atoms with Crippen LogP contribution in [0.2, 0.25) is 0 Å². The van der Waals surface area contributed by atoms with Gasteiger partial charge in [0.25, 0.3) is 0 Å². The fourth-order valence-corrected chi connectivity index (χ4v) is 1.07. The highest BCUT2D eigenvalue weighted by molar-refractivity contribution is 5.66. The van der Waals surface area contributed by atoms with Gasteiger partial charge in [0.2, 0.25) is 0 Å². The highest BCUT2D eigenvalue weighted by Crippen LogP contribution is 2.11. The first-order chi connectivity index (χ1) is 5.66. The van der Waals surface area contributed by atoms with Crippen LogP contribution in [0.25, 0.3) is 0 Å². The molecule has 72 valence electrons. The van der Waals surface area contributed by atoms with E-state index in [0.29, 0.717) is 5.92 Å². The van der Waals surface area contributed by atoms with Crippen LogP contribution in [0.1, 0.15) is 32.6 Å². The van der Waals surface area contributed by atoms with Gasteiger partial charge in [-0.2, -0.15) is 0 Å². The maximum atomic E-state index is 10.2. The second-order valence-electron chi connectivity index (χ2n) is 3.17. The Hall–Kier alpha value is -0.570. The van der Waals surface area contributed by atoms with Gasteiger partial charge in [-0.15, -0.1) is 0 Å². The van der Waals surface area contributed by atoms with Crippen LogP contribution >= 0.6 is 0 Å². The normalized spacial score (nSPS) is 12.8. The highest BCUT2D eigenvalue weighted by atomic mass is 16.5. The first-order valence-corrected chi connectivity index (χ1v) is 4.37. The number of ether oxygens (including phenoxy) is 1. The van der Waals surface area contributed by atoms with Crippen LogP contribution in [0, 0.1) is 5.92 Å². The molecule has 0 aliphatic carbocycles. The van der Waals surface area contributed by atoms with E-state index in [1.807, 2.05) is 0 Å². The smallest absolute Gasteiger partial charge is 0.303 e. The Balaban J connectivity index is 3.19. The summed E-state index contributed by atoms with van der Waals surface area (Å²) in [6, 6.07) is 0. The molecule has 3 nitrogen and oxygen atoms in total. The van der Waals surface area contributed by atoms with E-state index in [1.165, 1.54) is 0 Å². The molecule has 0 spiro atoms. The predicted molar refractivity (Wildman–Crippen MR) is 47.1 cm³/mol. The zero-order valence-corrected chi connectivity index (χ0v) is 7.88. The quantitative estimate of drug-likeness (QED) is 0.641. The number of carboxylic acid groups (broad SMARTS) is 1. The minimum absolute atomic E-state index is 0.289. The second kappa shape index (κ2) is 7.10. The molecule has 0 aliphatic heterocycles. The zero-order chi connectivity index (χ0) is 9.40. The van der Waals surface area contributed by atoms with Crippen LogP contribution < -0.4 is 0 Å². The van der Waals surface area contributed by atoms with Gasteiger partial charge >= 0.3 is 5.97 Å². The lowest BCUT2D eigenvalue weighted by atomic mass is 10.0. The number of carbonyl (C=O) groups is 1. The average molecular weight is 174 g/mol. The molecule has 0 saturated heterocycles. The van der Waals surface area contributed by atoms with Crippen molar-refractivity contribution in [2.24, 2.45) is 5.92 Å². The van der Waals surface area contributed by atoms with Crippen molar-refractivity contribution in [3.05, 3.63) is 0 Å². The van der Waals surface area contributed by atoms with Gasteiger partial charge in [-0.25, -0.2) is 0 Å². The molecule has 0 rings (SSSR count). The summed E-state index contributed by atoms with van der Waals surface area (Å²) in [7, 11) is 1.68. The van der Waals surface area contributed by atoms with Gasteiger partial charge in [-0.05, 0) is 18.8 Å². The molecule has 0 aromatic carbocycles. The van der Waals surface area contributed by atoms with Crippen LogP contribution in [0.4, 0.5) is 0 Å². The van der Waals surface area contributed by atoms with Crippen molar-refractivity contribution in [3.63, 3.8) is 0 Å². The molecule has 0 heterocycles. The standard InChI is InChI=1S/C9H18O3/c1-8(6-7-12-2)4-3-5-9(10)11/h8H,3-7H2,1-2H3,(H,10,11). The Morgan fingerprint density at radius 1 is 1.50 bits per heavy atom. The zero-order valence-electron chi connectivity index (χ0n) is 7.88. The van der Waals surface area contributed by atoms with Crippen LogP contribution in [-0.2, 0) is 9.53 Å². The van der Waals surface area contributed by atoms with Crippen molar-refractivity contribution in [2.45, 2.75) is 32.6 Å². The molecule has 12 heavy (non-hydrogen) atoms. The molecule has 1 unspecified atom stereocenters. The monoisotopic (exact) mass is 174 g/mol. The van der Waals surface area contributed by atoms with E-state index < -0.39 is 5.97 Å². The molecular formula is C9H18O3. The molecule has 0 fully saturated rings. The maximum Gasteiger partial charge on any atom is 0.303 e. The van der Waals surface area contributed by atoms with Crippen LogP contribution in [0.15, 0.2) is 0 Å². The summed E-state index contributed by atoms with van der Waals surface area (Å²) in [5.41, 5.74) is 0. The topological polar surface area (TPSA) is 46.5 Å². The fraction of sp³-hybridized carbons (Fsp3) is 0.889. The summed E-state index contributed by atoms with van der Waals surface area (Å²) >= 11 is 0. The molecular weight excluding hydrogens is 156 g/mol. The molecule has 0 aromatic rings. The molecule has 0 bridgehead atoms. The number of rotatable bonds is 7. The lowest BCUT2D eigenvalue weighted by molar-refractivity contribution is -0.137. The van der Waals surface area contributed by atoms with Crippen LogP contribution in [0.5, 0.6) is 0 Å². The lowest BCUT2D eigenvalue weighted by Crippen LogP contribution is -2.02. The highest BCUT2D eigenvalue weighted by Gasteiger charge is 2.03. The van der Waals surface area contributed by atoms with E-state index in [4.69, 9.17) is 9.84 Å². The molecule has 1 N–H and O–H groups in total. The molecule has 3 heteroatoms. The number of aliphatic carboxylic acids is 1. The number of carboxylic acids is 1. The Kier molecular flexibility index (Phi) is 6.76. The third-order valence-electron chi connectivity index (χ3n) is 1.90. The Labute approximate surface area is 73.7 Å². The van der Waals surface area contributed by atoms with Crippen LogP contribution in [-0.4, -0.2) is 24.8 Å². The first-order valence-electron chi connectivity index (χ1n) is 4.37. The molecule has 0 amide bonds. The number of methoxy groups -OCH3 is 1. The van der Waals surface area contributed by atoms with Crippen molar-refractivity contribution in [1.29, 1.82) is 0 Å². The minimum atomic E-state index is -0.700. The average Bonchev–Trinajstić information content (AvgIpc) is 2.00. The lowest BCUT2D eigenvalue weighted by Gasteiger charge is -2.08. The van der Waals surface area contributed by atoms with E-state index in [1.54, 1.807) is 7.11 Å². The summed E-state index contributed by atoms with van der Waals surface area (Å²) < 4.78 is 4.92. The van der Waals surface area contributed by atoms with Gasteiger partial charge in [-0.1, -0.05) is 13.3 Å². The molecule has 0 saturated carbocycles. The van der Waals surface area contributed by atoms with Crippen molar-refractivity contribution in [1.82, 2.24) is 0 Å². The molecule has 1 atom stereocenters. The SMILES string of the molecule is COCCC(C)CCCC(=O)O. The van der Waals surface area contributed by atoms with Gasteiger partial charge in [0.1, 0.15) is 0 Å². The van der Waals surface area contributed by atoms with Gasteiger partial charge in [0, 0.05) is 20.1 Å². The minimum Gasteiger partial charge on any atom is -0.481 e. The van der Waals surface area contributed by atoms with Crippen molar-refractivity contribution in [3.8, 4) is 0 Å². The van der Waals surface area contributed by atoms with Crippen molar-refractivity contribution >= 4 is 5.97 Å². The predicted octanol–water partition coefficient (Wildman–Crippen LogP) is 1.91. The van der Waals surface area contributed by atoms with Crippen molar-refractivity contribution in [2.75, 3.05) is 13.7 Å². The Bertz CT molecular complexity index is 123. The number of hydrogen-bond donors (Lipinski definition) is 1. The van der Waals surface area contributed by atoms with Gasteiger partial charge in [-0.3, -0.25) is 4.79 Å². The van der Waals surface area contributed by atoms with Gasteiger partial charge < -0.3 is 9.84 Å². The third-order valence-corrected chi connectivity index (χ3v) is 1.90. The summed E-state index contributed by atoms with van der Waals surface area (Å²) in [5.74, 6) is -0.127. The van der Waals surface area contributed by atoms with E-state index in [0.717, 1.165) is 25.9 Å². The van der Waals surface area contributed by atoms with Gasteiger partial charge in [0.15, 0.2) is 0 Å². The van der Waals surface area contributed by atoms with E-state index in [-0.39, 0.29) is 6.42 Å². The molecule has 0 aromatic heterocycles. The first kappa shape index (κ1) is 11.4. The molecule has 0 aliphatic rings. The Morgan fingerprint density at radius 3 is 2.67 bits per heavy atom. The van der Waals surface area contributed by atoms with Gasteiger partial charge in [0.05, 0.1) is 0 Å².